The van der Waals surface area contributed by atoms with Crippen LogP contribution in [0.3, 0.4) is 0 Å². The zero-order valence-electron chi connectivity index (χ0n) is 20.1. The molecule has 1 aliphatic heterocycles. The van der Waals surface area contributed by atoms with E-state index in [1.807, 2.05) is 7.05 Å². The summed E-state index contributed by atoms with van der Waals surface area (Å²) in [5, 5.41) is 0.498. The molecule has 198 valence electrons. The zero-order valence-corrected chi connectivity index (χ0v) is 21.7. The third-order valence-corrected chi connectivity index (χ3v) is 7.78. The van der Waals surface area contributed by atoms with Crippen LogP contribution in [0, 0.1) is 0 Å². The van der Waals surface area contributed by atoms with E-state index in [1.165, 1.54) is 12.1 Å². The van der Waals surface area contributed by atoms with E-state index in [0.717, 1.165) is 49.9 Å². The highest BCUT2D eigenvalue weighted by Gasteiger charge is 2.33. The lowest BCUT2D eigenvalue weighted by molar-refractivity contribution is -0.137. The van der Waals surface area contributed by atoms with Crippen LogP contribution in [0.5, 0.6) is 5.75 Å². The molecule has 11 heteroatoms. The molecule has 1 aliphatic rings. The fourth-order valence-electron chi connectivity index (χ4n) is 4.20. The molecule has 0 aliphatic carbocycles. The number of halogens is 4. The number of sulfonamides is 1. The number of hydrogen-bond donors (Lipinski definition) is 1. The highest BCUT2D eigenvalue weighted by atomic mass is 35.5. The molecule has 3 aromatic carbocycles. The van der Waals surface area contributed by atoms with E-state index < -0.39 is 27.7 Å². The first-order valence-corrected chi connectivity index (χ1v) is 13.5. The Morgan fingerprint density at radius 1 is 0.973 bits per heavy atom. The van der Waals surface area contributed by atoms with E-state index in [9.17, 15) is 21.6 Å². The Labute approximate surface area is 219 Å². The molecular formula is C26H27ClF3N3O3S. The Kier molecular flexibility index (Phi) is 8.45. The van der Waals surface area contributed by atoms with Crippen LogP contribution in [-0.2, 0) is 16.2 Å². The van der Waals surface area contributed by atoms with Crippen LogP contribution < -0.4 is 9.72 Å². The molecule has 0 aromatic heterocycles. The smallest absolute Gasteiger partial charge is 0.393 e. The molecule has 4 rings (SSSR count). The quantitative estimate of drug-likeness (QED) is 0.397. The maximum Gasteiger partial charge on any atom is 0.416 e. The van der Waals surface area contributed by atoms with Crippen LogP contribution >= 0.6 is 11.6 Å². The SMILES string of the molecule is CN1CCN(CC(c2ccc(Cl)cc2)c2cc(C(F)(F)F)ccc2ONS(=O)(=O)c2ccccc2)CC1. The van der Waals surface area contributed by atoms with Gasteiger partial charge in [-0.1, -0.05) is 41.9 Å². The number of nitrogens with zero attached hydrogens (tertiary/aromatic N) is 2. The lowest BCUT2D eigenvalue weighted by atomic mass is 9.88. The van der Waals surface area contributed by atoms with Crippen molar-refractivity contribution in [1.82, 2.24) is 14.7 Å². The van der Waals surface area contributed by atoms with Crippen molar-refractivity contribution in [2.24, 2.45) is 0 Å². The van der Waals surface area contributed by atoms with Gasteiger partial charge in [0, 0.05) is 49.2 Å². The first-order chi connectivity index (χ1) is 17.5. The Morgan fingerprint density at radius 2 is 1.62 bits per heavy atom. The lowest BCUT2D eigenvalue weighted by Crippen LogP contribution is -2.45. The second-order valence-electron chi connectivity index (χ2n) is 8.96. The normalized spacial score (nSPS) is 16.5. The number of nitrogens with one attached hydrogen (secondary N) is 1. The van der Waals surface area contributed by atoms with Gasteiger partial charge in [-0.3, -0.25) is 4.90 Å². The molecule has 1 N–H and O–H groups in total. The van der Waals surface area contributed by atoms with Gasteiger partial charge in [0.2, 0.25) is 0 Å². The Balaban J connectivity index is 1.73. The van der Waals surface area contributed by atoms with Gasteiger partial charge in [0.1, 0.15) is 0 Å². The third kappa shape index (κ3) is 7.03. The molecule has 6 nitrogen and oxygen atoms in total. The van der Waals surface area contributed by atoms with Gasteiger partial charge < -0.3 is 9.74 Å². The van der Waals surface area contributed by atoms with Gasteiger partial charge >= 0.3 is 6.18 Å². The van der Waals surface area contributed by atoms with Crippen LogP contribution in [0.1, 0.15) is 22.6 Å². The summed E-state index contributed by atoms with van der Waals surface area (Å²) < 4.78 is 66.6. The zero-order chi connectivity index (χ0) is 26.6. The van der Waals surface area contributed by atoms with Crippen LogP contribution in [0.2, 0.25) is 5.02 Å². The van der Waals surface area contributed by atoms with Gasteiger partial charge in [-0.2, -0.15) is 13.2 Å². The molecule has 1 atom stereocenters. The van der Waals surface area contributed by atoms with Crippen LogP contribution in [0.15, 0.2) is 77.7 Å². The van der Waals surface area contributed by atoms with Crippen molar-refractivity contribution >= 4 is 21.6 Å². The van der Waals surface area contributed by atoms with E-state index in [0.29, 0.717) is 11.6 Å². The average Bonchev–Trinajstić information content (AvgIpc) is 2.88. The van der Waals surface area contributed by atoms with Crippen LogP contribution in [0.25, 0.3) is 0 Å². The second-order valence-corrected chi connectivity index (χ2v) is 11.0. The van der Waals surface area contributed by atoms with Crippen molar-refractivity contribution in [2.45, 2.75) is 17.0 Å². The molecule has 1 fully saturated rings. The maximum atomic E-state index is 13.7. The van der Waals surface area contributed by atoms with E-state index in [4.69, 9.17) is 16.4 Å². The topological polar surface area (TPSA) is 61.9 Å². The van der Waals surface area contributed by atoms with Gasteiger partial charge in [0.05, 0.1) is 10.5 Å². The van der Waals surface area contributed by atoms with E-state index >= 15 is 0 Å². The predicted octanol–water partition coefficient (Wildman–Crippen LogP) is 5.01. The molecule has 1 unspecified atom stereocenters. The van der Waals surface area contributed by atoms with Crippen molar-refractivity contribution in [2.75, 3.05) is 39.8 Å². The van der Waals surface area contributed by atoms with Crippen LogP contribution in [-0.4, -0.2) is 58.0 Å². The largest absolute Gasteiger partial charge is 0.416 e. The number of hydrogen-bond acceptors (Lipinski definition) is 5. The molecule has 0 amide bonds. The highest BCUT2D eigenvalue weighted by molar-refractivity contribution is 7.89. The fraction of sp³-hybridized carbons (Fsp3) is 0.308. The van der Waals surface area contributed by atoms with Crippen molar-refractivity contribution < 1.29 is 26.4 Å². The number of piperazine rings is 1. The minimum absolute atomic E-state index is 0.0124. The minimum atomic E-state index is -4.59. The molecule has 0 bridgehead atoms. The van der Waals surface area contributed by atoms with Crippen molar-refractivity contribution in [3.05, 3.63) is 94.5 Å². The van der Waals surface area contributed by atoms with Crippen molar-refractivity contribution in [3.8, 4) is 5.75 Å². The van der Waals surface area contributed by atoms with E-state index in [-0.39, 0.29) is 16.2 Å². The summed E-state index contributed by atoms with van der Waals surface area (Å²) in [5.41, 5.74) is 0.100. The monoisotopic (exact) mass is 553 g/mol. The van der Waals surface area contributed by atoms with Gasteiger partial charge in [-0.25, -0.2) is 8.42 Å². The van der Waals surface area contributed by atoms with Gasteiger partial charge in [-0.15, -0.1) is 0 Å². The summed E-state index contributed by atoms with van der Waals surface area (Å²) in [6.07, 6.45) is -4.59. The Morgan fingerprint density at radius 3 is 2.24 bits per heavy atom. The molecule has 0 spiro atoms. The number of likely N-dealkylation sites (N-methyl/N-ethyl adjacent to an activating group) is 1. The summed E-state index contributed by atoms with van der Waals surface area (Å²) in [6, 6.07) is 17.5. The lowest BCUT2D eigenvalue weighted by Gasteiger charge is -2.35. The molecule has 0 saturated carbocycles. The summed E-state index contributed by atoms with van der Waals surface area (Å²) in [5.74, 6) is -0.555. The predicted molar refractivity (Wildman–Crippen MR) is 136 cm³/mol. The highest BCUT2D eigenvalue weighted by Crippen LogP contribution is 2.38. The summed E-state index contributed by atoms with van der Waals surface area (Å²) >= 11 is 6.08. The van der Waals surface area contributed by atoms with Gasteiger partial charge in [-0.05, 0) is 60.0 Å². The molecule has 3 aromatic rings. The summed E-state index contributed by atoms with van der Waals surface area (Å²) in [7, 11) is -2.05. The second kappa shape index (κ2) is 11.4. The first kappa shape index (κ1) is 27.4. The molecule has 1 heterocycles. The maximum absolute atomic E-state index is 13.7. The standard InChI is InChI=1S/C26H27ClF3N3O3S/c1-32-13-15-33(16-14-32)18-24(19-7-10-21(27)11-8-19)23-17-20(26(28,29)30)9-12-25(23)36-31-37(34,35)22-5-3-2-4-6-22/h2-12,17,24,31H,13-16,18H2,1H3. The first-order valence-electron chi connectivity index (χ1n) is 11.6. The summed E-state index contributed by atoms with van der Waals surface area (Å²) in [4.78, 5) is 11.9. The molecule has 1 saturated heterocycles. The summed E-state index contributed by atoms with van der Waals surface area (Å²) in [6.45, 7) is 3.57. The molecule has 37 heavy (non-hydrogen) atoms. The number of rotatable bonds is 8. The van der Waals surface area contributed by atoms with E-state index in [1.54, 1.807) is 42.5 Å². The number of alkyl halides is 3. The van der Waals surface area contributed by atoms with Gasteiger partial charge in [0.25, 0.3) is 10.0 Å². The van der Waals surface area contributed by atoms with Crippen molar-refractivity contribution in [3.63, 3.8) is 0 Å². The average molecular weight is 554 g/mol. The Hall–Kier alpha value is -2.63. The van der Waals surface area contributed by atoms with Crippen LogP contribution in [0.4, 0.5) is 13.2 Å². The Bertz CT molecular complexity index is 1300. The third-order valence-electron chi connectivity index (χ3n) is 6.34. The fourth-order valence-corrected chi connectivity index (χ4v) is 5.14. The number of benzene rings is 3. The molecular weight excluding hydrogens is 527 g/mol. The van der Waals surface area contributed by atoms with Crippen molar-refractivity contribution in [1.29, 1.82) is 0 Å². The molecule has 0 radical (unpaired) electrons. The van der Waals surface area contributed by atoms with Gasteiger partial charge in [0.15, 0.2) is 5.75 Å². The van der Waals surface area contributed by atoms with E-state index in [2.05, 4.69) is 14.7 Å². The minimum Gasteiger partial charge on any atom is -0.393 e.